The summed E-state index contributed by atoms with van der Waals surface area (Å²) >= 11 is 0. The second-order valence-electron chi connectivity index (χ2n) is 6.71. The van der Waals surface area contributed by atoms with E-state index in [9.17, 15) is 62.3 Å². The van der Waals surface area contributed by atoms with Crippen molar-refractivity contribution in [1.29, 1.82) is 0 Å². The Morgan fingerprint density at radius 1 is 0.824 bits per heavy atom. The fourth-order valence-electron chi connectivity index (χ4n) is 2.26. The van der Waals surface area contributed by atoms with Crippen LogP contribution in [0.15, 0.2) is 18.2 Å². The monoisotopic (exact) mass is 522 g/mol. The van der Waals surface area contributed by atoms with Crippen LogP contribution in [-0.2, 0) is 9.59 Å². The molecule has 1 rings (SSSR count). The van der Waals surface area contributed by atoms with Crippen LogP contribution in [0.3, 0.4) is 0 Å². The Kier molecular flexibility index (Phi) is 8.06. The largest absolute Gasteiger partial charge is 0.485 e. The van der Waals surface area contributed by atoms with Crippen LogP contribution in [0.1, 0.15) is 13.8 Å². The summed E-state index contributed by atoms with van der Waals surface area (Å²) in [6.07, 6.45) is -5.60. The predicted molar refractivity (Wildman–Crippen MR) is 91.3 cm³/mol. The van der Waals surface area contributed by atoms with Crippen LogP contribution in [0.5, 0.6) is 5.75 Å². The summed E-state index contributed by atoms with van der Waals surface area (Å²) in [7, 11) is 0. The van der Waals surface area contributed by atoms with Crippen LogP contribution in [0, 0.1) is 0 Å². The SMILES string of the molecule is CC(=O)Nc1ccc(OCC(F)(F)C(F)(F)C(F)(F)C(F)(F)C(F)(F)C(F)F)c(NC(C)=O)c1. The first-order valence-electron chi connectivity index (χ1n) is 8.61. The number of ether oxygens (including phenoxy) is 1. The number of nitrogens with one attached hydrogen (secondary N) is 2. The minimum Gasteiger partial charge on any atom is -0.485 e. The third-order valence-corrected chi connectivity index (χ3v) is 3.96. The maximum absolute atomic E-state index is 13.9. The highest BCUT2D eigenvalue weighted by Gasteiger charge is 2.87. The van der Waals surface area contributed by atoms with Crippen molar-refractivity contribution in [1.82, 2.24) is 0 Å². The number of hydrogen-bond donors (Lipinski definition) is 2. The number of amides is 2. The lowest BCUT2D eigenvalue weighted by molar-refractivity contribution is -0.414. The molecule has 0 aromatic heterocycles. The quantitative estimate of drug-likeness (QED) is 0.404. The average molecular weight is 522 g/mol. The van der Waals surface area contributed by atoms with Gasteiger partial charge in [-0.05, 0) is 18.2 Å². The molecule has 0 aliphatic carbocycles. The topological polar surface area (TPSA) is 67.4 Å². The van der Waals surface area contributed by atoms with Crippen molar-refractivity contribution in [2.75, 3.05) is 17.2 Å². The van der Waals surface area contributed by atoms with Gasteiger partial charge in [-0.3, -0.25) is 9.59 Å². The van der Waals surface area contributed by atoms with Gasteiger partial charge >= 0.3 is 36.0 Å². The summed E-state index contributed by atoms with van der Waals surface area (Å²) in [4.78, 5) is 22.3. The molecular weight excluding hydrogens is 508 g/mol. The van der Waals surface area contributed by atoms with E-state index in [0.717, 1.165) is 26.0 Å². The van der Waals surface area contributed by atoms with Gasteiger partial charge in [0, 0.05) is 19.5 Å². The van der Waals surface area contributed by atoms with Crippen molar-refractivity contribution in [2.45, 2.75) is 49.9 Å². The molecule has 0 saturated carbocycles. The number of carbonyl (C=O) groups excluding carboxylic acids is 2. The van der Waals surface area contributed by atoms with Crippen LogP contribution >= 0.6 is 0 Å². The molecule has 0 aliphatic rings. The number of carbonyl (C=O) groups is 2. The summed E-state index contributed by atoms with van der Waals surface area (Å²) in [6, 6.07) is 2.42. The molecule has 0 fully saturated rings. The molecule has 0 unspecified atom stereocenters. The van der Waals surface area contributed by atoms with Gasteiger partial charge in [0.1, 0.15) is 5.75 Å². The van der Waals surface area contributed by atoms with E-state index in [4.69, 9.17) is 0 Å². The number of alkyl halides is 12. The minimum atomic E-state index is -7.68. The van der Waals surface area contributed by atoms with Gasteiger partial charge in [-0.1, -0.05) is 0 Å². The van der Waals surface area contributed by atoms with E-state index in [1.165, 1.54) is 0 Å². The molecule has 0 bridgehead atoms. The molecule has 34 heavy (non-hydrogen) atoms. The number of hydrogen-bond acceptors (Lipinski definition) is 3. The zero-order valence-corrected chi connectivity index (χ0v) is 16.8. The molecule has 0 atom stereocenters. The van der Waals surface area contributed by atoms with E-state index in [2.05, 4.69) is 10.1 Å². The van der Waals surface area contributed by atoms with Gasteiger partial charge in [0.05, 0.1) is 5.69 Å². The number of rotatable bonds is 10. The number of halogens is 12. The fraction of sp³-hybridized carbons (Fsp3) is 0.529. The van der Waals surface area contributed by atoms with E-state index >= 15 is 0 Å². The molecule has 2 N–H and O–H groups in total. The molecule has 5 nitrogen and oxygen atoms in total. The van der Waals surface area contributed by atoms with Gasteiger partial charge in [-0.2, -0.15) is 43.9 Å². The van der Waals surface area contributed by atoms with Crippen molar-refractivity contribution in [3.8, 4) is 5.75 Å². The molecule has 0 radical (unpaired) electrons. The molecule has 0 saturated heterocycles. The number of anilines is 2. The Morgan fingerprint density at radius 3 is 1.76 bits per heavy atom. The first-order valence-corrected chi connectivity index (χ1v) is 8.61. The molecule has 1 aromatic rings. The first kappa shape index (κ1) is 29.2. The van der Waals surface area contributed by atoms with Crippen LogP contribution in [0.4, 0.5) is 64.1 Å². The van der Waals surface area contributed by atoms with E-state index in [1.54, 1.807) is 0 Å². The van der Waals surface area contributed by atoms with Crippen LogP contribution in [0.2, 0.25) is 0 Å². The Balaban J connectivity index is 3.31. The smallest absolute Gasteiger partial charge is 0.384 e. The number of benzene rings is 1. The zero-order valence-electron chi connectivity index (χ0n) is 16.8. The molecule has 2 amide bonds. The fourth-order valence-corrected chi connectivity index (χ4v) is 2.26. The Labute approximate surface area is 182 Å². The van der Waals surface area contributed by atoms with Crippen molar-refractivity contribution in [3.63, 3.8) is 0 Å². The lowest BCUT2D eigenvalue weighted by Gasteiger charge is -2.39. The Hall–Kier alpha value is -2.88. The Morgan fingerprint density at radius 2 is 1.32 bits per heavy atom. The highest BCUT2D eigenvalue weighted by Crippen LogP contribution is 2.58. The first-order chi connectivity index (χ1) is 15.1. The molecule has 0 spiro atoms. The maximum Gasteiger partial charge on any atom is 0.384 e. The summed E-state index contributed by atoms with van der Waals surface area (Å²) < 4.78 is 163. The summed E-state index contributed by atoms with van der Waals surface area (Å²) in [5.74, 6) is -38.5. The van der Waals surface area contributed by atoms with Gasteiger partial charge in [-0.25, -0.2) is 8.78 Å². The summed E-state index contributed by atoms with van der Waals surface area (Å²) in [5, 5.41) is 4.12. The van der Waals surface area contributed by atoms with Gasteiger partial charge < -0.3 is 15.4 Å². The lowest BCUT2D eigenvalue weighted by Crippen LogP contribution is -2.69. The second-order valence-corrected chi connectivity index (χ2v) is 6.71. The highest BCUT2D eigenvalue weighted by atomic mass is 19.4. The lowest BCUT2D eigenvalue weighted by atomic mass is 9.94. The van der Waals surface area contributed by atoms with E-state index in [1.807, 2.05) is 5.32 Å². The van der Waals surface area contributed by atoms with E-state index < -0.39 is 65.9 Å². The highest BCUT2D eigenvalue weighted by molar-refractivity contribution is 5.93. The van der Waals surface area contributed by atoms with Gasteiger partial charge in [-0.15, -0.1) is 0 Å². The Bertz CT molecular complexity index is 921. The van der Waals surface area contributed by atoms with Crippen molar-refractivity contribution < 1.29 is 67.0 Å². The van der Waals surface area contributed by atoms with E-state index in [-0.39, 0.29) is 5.69 Å². The van der Waals surface area contributed by atoms with Crippen LogP contribution in [0.25, 0.3) is 0 Å². The van der Waals surface area contributed by atoms with Gasteiger partial charge in [0.25, 0.3) is 0 Å². The molecule has 0 aliphatic heterocycles. The average Bonchev–Trinajstić information content (AvgIpc) is 2.65. The van der Waals surface area contributed by atoms with Gasteiger partial charge in [0.2, 0.25) is 11.8 Å². The van der Waals surface area contributed by atoms with E-state index in [0.29, 0.717) is 6.07 Å². The summed E-state index contributed by atoms with van der Waals surface area (Å²) in [6.45, 7) is -0.930. The zero-order chi connectivity index (χ0) is 26.9. The third kappa shape index (κ3) is 5.27. The summed E-state index contributed by atoms with van der Waals surface area (Å²) in [5.41, 5.74) is -0.680. The van der Waals surface area contributed by atoms with Crippen molar-refractivity contribution in [2.24, 2.45) is 0 Å². The van der Waals surface area contributed by atoms with Crippen molar-refractivity contribution >= 4 is 23.2 Å². The molecular formula is C17H14F12N2O3. The molecule has 1 aromatic carbocycles. The third-order valence-electron chi connectivity index (χ3n) is 3.96. The maximum atomic E-state index is 13.9. The normalized spacial score (nSPS) is 13.6. The second kappa shape index (κ2) is 9.40. The molecule has 17 heteroatoms. The van der Waals surface area contributed by atoms with Crippen LogP contribution < -0.4 is 15.4 Å². The van der Waals surface area contributed by atoms with Crippen LogP contribution in [-0.4, -0.2) is 54.5 Å². The molecule has 0 heterocycles. The molecule has 194 valence electrons. The van der Waals surface area contributed by atoms with Gasteiger partial charge in [0.15, 0.2) is 6.61 Å². The predicted octanol–water partition coefficient (Wildman–Crippen LogP) is 5.42. The minimum absolute atomic E-state index is 0.0962. The van der Waals surface area contributed by atoms with Crippen molar-refractivity contribution in [3.05, 3.63) is 18.2 Å². The standard InChI is InChI=1S/C17H14F12N2O3/c1-7(32)30-9-3-4-11(10(5-9)31-8(2)33)34-6-13(20,21)15(24,25)17(28,29)16(26,27)14(22,23)12(18)19/h3-5,12H,6H2,1-2H3,(H,30,32)(H,31,33).